The number of aromatic amines is 1. The number of hydrogen-bond acceptors (Lipinski definition) is 11. The summed E-state index contributed by atoms with van der Waals surface area (Å²) in [5.41, 5.74) is 4.86. The van der Waals surface area contributed by atoms with Gasteiger partial charge in [-0.15, -0.1) is 0 Å². The normalized spacial score (nSPS) is 21.3. The highest BCUT2D eigenvalue weighted by Crippen LogP contribution is 2.42. The van der Waals surface area contributed by atoms with Crippen molar-refractivity contribution in [1.82, 2.24) is 49.4 Å². The Balaban J connectivity index is 0.741. The molecule has 5 heterocycles. The second kappa shape index (κ2) is 24.8. The molecule has 16 nitrogen and oxygen atoms in total. The summed E-state index contributed by atoms with van der Waals surface area (Å²) in [5, 5.41) is 28.0. The predicted octanol–water partition coefficient (Wildman–Crippen LogP) is 12.7. The molecule has 3 aromatic heterocycles. The third-order valence-corrected chi connectivity index (χ3v) is 19.0. The van der Waals surface area contributed by atoms with Crippen LogP contribution in [0.5, 0.6) is 5.75 Å². The fraction of sp³-hybridized carbons (Fsp3) is 0.545. The highest BCUT2D eigenvalue weighted by atomic mass is 19.1. The van der Waals surface area contributed by atoms with Crippen molar-refractivity contribution in [3.63, 3.8) is 0 Å². The lowest BCUT2D eigenvalue weighted by molar-refractivity contribution is -0.0136. The van der Waals surface area contributed by atoms with Crippen LogP contribution in [0.1, 0.15) is 187 Å². The number of halogens is 2. The number of fused-ring (bicyclic) bond motifs is 2. The number of nitrogens with zero attached hydrogens (tertiary/aromatic N) is 8. The summed E-state index contributed by atoms with van der Waals surface area (Å²) < 4.78 is 41.4. The standard InChI is InChI=1S/C66H86F2N12O4/c1-40(2)69-41(3)45-14-19-52(20-15-45)79-57-34-43(38-77-30-26-49(27-31-77)65(5,6)83)12-23-55(57)72-64(79)74-62(82)48-18-25-59(54(68)37-48)84-66(7,8)50-28-32-78(33-29-50)39-44-13-24-56-58(35-44)80(53-21-16-46(17-22-53)60-70-42(4)75-76-60)63(71-56)73-61(81)47-10-9-11-51(67)36-47/h9-13,18,23-25,34-37,40-41,45-46,49-50,52-53,69,83H,14-17,19-22,26-33,38-39H2,1-8H3,(H,70,75,76)(H,71,73,81)(H,72,74,82). The Morgan fingerprint density at radius 3 is 1.70 bits per heavy atom. The summed E-state index contributed by atoms with van der Waals surface area (Å²) >= 11 is 0. The van der Waals surface area contributed by atoms with Gasteiger partial charge in [-0.3, -0.25) is 35.1 Å². The second-order valence-electron chi connectivity index (χ2n) is 26.2. The first-order valence-electron chi connectivity index (χ1n) is 30.9. The summed E-state index contributed by atoms with van der Waals surface area (Å²) in [6.07, 6.45) is 11.1. The molecule has 18 heteroatoms. The van der Waals surface area contributed by atoms with E-state index in [2.05, 4.69) is 101 Å². The maximum absolute atomic E-state index is 16.3. The highest BCUT2D eigenvalue weighted by Gasteiger charge is 2.37. The van der Waals surface area contributed by atoms with Crippen molar-refractivity contribution in [2.24, 2.45) is 17.8 Å². The molecule has 4 fully saturated rings. The number of aryl methyl sites for hydroxylation is 1. The Bertz CT molecular complexity index is 3440. The number of aromatic nitrogens is 7. The molecule has 2 saturated heterocycles. The molecule has 0 bridgehead atoms. The first-order valence-corrected chi connectivity index (χ1v) is 30.9. The quantitative estimate of drug-likeness (QED) is 0.0551. The Labute approximate surface area is 492 Å². The summed E-state index contributed by atoms with van der Waals surface area (Å²) in [7, 11) is 0. The van der Waals surface area contributed by atoms with Crippen LogP contribution in [0.25, 0.3) is 22.1 Å². The van der Waals surface area contributed by atoms with Crippen LogP contribution in [0, 0.1) is 36.3 Å². The van der Waals surface area contributed by atoms with E-state index < -0.39 is 34.7 Å². The minimum absolute atomic E-state index is 0.0689. The molecular formula is C66H86F2N12O4. The minimum Gasteiger partial charge on any atom is -0.485 e. The lowest BCUT2D eigenvalue weighted by Crippen LogP contribution is -2.45. The van der Waals surface area contributed by atoms with E-state index in [0.717, 1.165) is 149 Å². The van der Waals surface area contributed by atoms with Crippen molar-refractivity contribution in [3.8, 4) is 5.75 Å². The number of amides is 2. The van der Waals surface area contributed by atoms with Gasteiger partial charge in [0, 0.05) is 60.2 Å². The van der Waals surface area contributed by atoms with Crippen LogP contribution in [0.3, 0.4) is 0 Å². The third kappa shape index (κ3) is 13.4. The van der Waals surface area contributed by atoms with E-state index >= 15 is 4.39 Å². The van der Waals surface area contributed by atoms with Crippen LogP contribution in [0.15, 0.2) is 78.9 Å². The van der Waals surface area contributed by atoms with Crippen molar-refractivity contribution in [3.05, 3.63) is 124 Å². The average molecular weight is 1150 g/mol. The van der Waals surface area contributed by atoms with Gasteiger partial charge in [0.1, 0.15) is 17.2 Å². The van der Waals surface area contributed by atoms with Gasteiger partial charge in [0.05, 0.1) is 27.7 Å². The van der Waals surface area contributed by atoms with E-state index in [4.69, 9.17) is 14.7 Å². The van der Waals surface area contributed by atoms with Crippen LogP contribution in [0.4, 0.5) is 20.7 Å². The molecule has 0 radical (unpaired) electrons. The van der Waals surface area contributed by atoms with Gasteiger partial charge in [-0.05, 0) is 228 Å². The molecule has 0 spiro atoms. The first kappa shape index (κ1) is 59.1. The number of nitrogens with one attached hydrogen (secondary N) is 4. The number of benzene rings is 4. The van der Waals surface area contributed by atoms with Gasteiger partial charge in [0.25, 0.3) is 11.8 Å². The molecule has 448 valence electrons. The fourth-order valence-electron chi connectivity index (χ4n) is 14.2. The monoisotopic (exact) mass is 1150 g/mol. The van der Waals surface area contributed by atoms with Crippen molar-refractivity contribution in [2.75, 3.05) is 36.8 Å². The summed E-state index contributed by atoms with van der Waals surface area (Å²) in [5.74, 6) is 1.97. The number of anilines is 2. The third-order valence-electron chi connectivity index (χ3n) is 19.0. The number of carbonyl (C=O) groups excluding carboxylic acids is 2. The van der Waals surface area contributed by atoms with Crippen molar-refractivity contribution < 1.29 is 28.2 Å². The molecule has 4 aromatic carbocycles. The molecule has 5 N–H and O–H groups in total. The van der Waals surface area contributed by atoms with Crippen molar-refractivity contribution in [2.45, 2.75) is 187 Å². The molecule has 84 heavy (non-hydrogen) atoms. The van der Waals surface area contributed by atoms with Crippen molar-refractivity contribution >= 4 is 45.8 Å². The number of imidazole rings is 2. The molecule has 2 aliphatic carbocycles. The number of ether oxygens (including phenoxy) is 1. The fourth-order valence-corrected chi connectivity index (χ4v) is 14.2. The van der Waals surface area contributed by atoms with Gasteiger partial charge >= 0.3 is 0 Å². The molecule has 1 atom stereocenters. The number of H-pyrrole nitrogens is 1. The van der Waals surface area contributed by atoms with E-state index in [1.165, 1.54) is 29.8 Å². The van der Waals surface area contributed by atoms with E-state index in [1.807, 2.05) is 40.7 Å². The molecule has 2 aliphatic heterocycles. The zero-order valence-corrected chi connectivity index (χ0v) is 50.4. The first-order chi connectivity index (χ1) is 40.2. The van der Waals surface area contributed by atoms with Crippen LogP contribution in [-0.4, -0.2) is 110 Å². The smallest absolute Gasteiger partial charge is 0.258 e. The number of piperidine rings is 2. The summed E-state index contributed by atoms with van der Waals surface area (Å²) in [6.45, 7) is 21.5. The Morgan fingerprint density at radius 2 is 1.20 bits per heavy atom. The zero-order chi connectivity index (χ0) is 59.0. The number of likely N-dealkylation sites (tertiary alicyclic amines) is 2. The van der Waals surface area contributed by atoms with Gasteiger partial charge in [-0.25, -0.2) is 23.7 Å². The lowest BCUT2D eigenvalue weighted by Gasteiger charge is -2.40. The van der Waals surface area contributed by atoms with Gasteiger partial charge in [0.2, 0.25) is 11.9 Å². The lowest BCUT2D eigenvalue weighted by atomic mass is 9.81. The summed E-state index contributed by atoms with van der Waals surface area (Å²) in [6, 6.07) is 23.9. The molecular weight excluding hydrogens is 1060 g/mol. The van der Waals surface area contributed by atoms with E-state index in [0.29, 0.717) is 36.4 Å². The highest BCUT2D eigenvalue weighted by molar-refractivity contribution is 6.05. The van der Waals surface area contributed by atoms with Crippen LogP contribution in [0.2, 0.25) is 0 Å². The van der Waals surface area contributed by atoms with Crippen molar-refractivity contribution in [1.29, 1.82) is 0 Å². The van der Waals surface area contributed by atoms with E-state index in [1.54, 1.807) is 18.2 Å². The molecule has 2 amide bonds. The maximum Gasteiger partial charge on any atom is 0.258 e. The molecule has 1 unspecified atom stereocenters. The summed E-state index contributed by atoms with van der Waals surface area (Å²) in [4.78, 5) is 47.2. The molecule has 4 aliphatic rings. The van der Waals surface area contributed by atoms with Gasteiger partial charge in [0.15, 0.2) is 17.4 Å². The minimum atomic E-state index is -0.697. The Hall–Kier alpha value is -6.60. The predicted molar refractivity (Wildman–Crippen MR) is 325 cm³/mol. The Kier molecular flexibility index (Phi) is 17.4. The SMILES string of the molecule is Cc1nc(C2CCC(n3c(NC(=O)c4cccc(F)c4)nc4ccc(CN5CCC(C(C)(C)Oc6ccc(C(=O)Nc7nc8ccc(CN9CCC(C(C)(C)O)CC9)cc8n7C7CCC(C(C)NC(C)C)CC7)cc6F)CC5)cc43)CC2)n[nH]1. The second-order valence-corrected chi connectivity index (χ2v) is 26.2. The van der Waals surface area contributed by atoms with E-state index in [-0.39, 0.29) is 46.7 Å². The average Bonchev–Trinajstić information content (AvgIpc) is 4.30. The van der Waals surface area contributed by atoms with Crippen LogP contribution < -0.4 is 20.7 Å². The topological polar surface area (TPSA) is 183 Å². The number of hydrogen-bond donors (Lipinski definition) is 5. The molecule has 11 rings (SSSR count). The largest absolute Gasteiger partial charge is 0.485 e. The van der Waals surface area contributed by atoms with Crippen LogP contribution >= 0.6 is 0 Å². The number of aliphatic hydroxyl groups is 1. The van der Waals surface area contributed by atoms with Gasteiger partial charge in [-0.2, -0.15) is 5.10 Å². The molecule has 2 saturated carbocycles. The van der Waals surface area contributed by atoms with Gasteiger partial charge in [-0.1, -0.05) is 32.0 Å². The Morgan fingerprint density at radius 1 is 0.667 bits per heavy atom. The zero-order valence-electron chi connectivity index (χ0n) is 50.4. The van der Waals surface area contributed by atoms with Crippen LogP contribution in [-0.2, 0) is 13.1 Å². The number of rotatable bonds is 18. The molecule has 7 aromatic rings. The van der Waals surface area contributed by atoms with Gasteiger partial charge < -0.3 is 24.3 Å². The number of carbonyl (C=O) groups is 2. The van der Waals surface area contributed by atoms with E-state index in [9.17, 15) is 19.1 Å². The maximum atomic E-state index is 16.3.